The molecule has 0 heterocycles. The number of hydrogen-bond donors (Lipinski definition) is 2. The van der Waals surface area contributed by atoms with Crippen molar-refractivity contribution in [1.82, 2.24) is 0 Å². The van der Waals surface area contributed by atoms with E-state index >= 15 is 0 Å². The quantitative estimate of drug-likeness (QED) is 0.792. The zero-order valence-electron chi connectivity index (χ0n) is 10.8. The smallest absolute Gasteiger partial charge is 0.161 e. The summed E-state index contributed by atoms with van der Waals surface area (Å²) in [6, 6.07) is 3.91. The average Bonchev–Trinajstić information content (AvgIpc) is 2.35. The average molecular weight is 238 g/mol. The van der Waals surface area contributed by atoms with Gasteiger partial charge in [-0.2, -0.15) is 0 Å². The first-order chi connectivity index (χ1) is 8.13. The Bertz CT molecular complexity index is 367. The highest BCUT2D eigenvalue weighted by Crippen LogP contribution is 2.33. The van der Waals surface area contributed by atoms with Gasteiger partial charge in [-0.25, -0.2) is 0 Å². The molecule has 96 valence electrons. The van der Waals surface area contributed by atoms with E-state index < -0.39 is 0 Å². The molecule has 0 amide bonds. The number of rotatable bonds is 6. The van der Waals surface area contributed by atoms with Gasteiger partial charge in [-0.3, -0.25) is 0 Å². The molecular weight excluding hydrogens is 216 g/mol. The van der Waals surface area contributed by atoms with Crippen LogP contribution in [0.4, 0.5) is 0 Å². The van der Waals surface area contributed by atoms with Crippen molar-refractivity contribution in [3.05, 3.63) is 23.3 Å². The molecule has 0 spiro atoms. The molecule has 0 saturated carbocycles. The van der Waals surface area contributed by atoms with Crippen molar-refractivity contribution in [1.29, 1.82) is 0 Å². The van der Waals surface area contributed by atoms with Gasteiger partial charge in [-0.05, 0) is 49.6 Å². The Kier molecular flexibility index (Phi) is 5.25. The lowest BCUT2D eigenvalue weighted by Crippen LogP contribution is -2.14. The third-order valence-electron chi connectivity index (χ3n) is 2.89. The highest BCUT2D eigenvalue weighted by atomic mass is 16.5. The summed E-state index contributed by atoms with van der Waals surface area (Å²) >= 11 is 0. The number of aryl methyl sites for hydroxylation is 1. The van der Waals surface area contributed by atoms with Crippen LogP contribution in [0.2, 0.25) is 0 Å². The SMILES string of the molecule is COc1cc(C)c(C(N)CCCN)cc1OC. The van der Waals surface area contributed by atoms with Crippen LogP contribution in [0.1, 0.15) is 30.0 Å². The molecule has 17 heavy (non-hydrogen) atoms. The number of hydrogen-bond acceptors (Lipinski definition) is 4. The van der Waals surface area contributed by atoms with E-state index in [0.29, 0.717) is 6.54 Å². The van der Waals surface area contributed by atoms with Crippen molar-refractivity contribution >= 4 is 0 Å². The van der Waals surface area contributed by atoms with Crippen LogP contribution in [-0.2, 0) is 0 Å². The summed E-state index contributed by atoms with van der Waals surface area (Å²) in [7, 11) is 3.26. The standard InChI is InChI=1S/C13H22N2O2/c1-9-7-12(16-2)13(17-3)8-10(9)11(15)5-4-6-14/h7-8,11H,4-6,14-15H2,1-3H3. The first-order valence-corrected chi connectivity index (χ1v) is 5.82. The largest absolute Gasteiger partial charge is 0.493 e. The minimum atomic E-state index is -0.00152. The van der Waals surface area contributed by atoms with Gasteiger partial charge < -0.3 is 20.9 Å². The molecule has 1 rings (SSSR count). The van der Waals surface area contributed by atoms with Crippen molar-refractivity contribution in [2.45, 2.75) is 25.8 Å². The van der Waals surface area contributed by atoms with Gasteiger partial charge in [0.25, 0.3) is 0 Å². The second-order valence-electron chi connectivity index (χ2n) is 4.10. The van der Waals surface area contributed by atoms with Crippen LogP contribution in [0.25, 0.3) is 0 Å². The Hall–Kier alpha value is -1.26. The summed E-state index contributed by atoms with van der Waals surface area (Å²) in [6.45, 7) is 2.69. The fourth-order valence-corrected chi connectivity index (χ4v) is 1.89. The van der Waals surface area contributed by atoms with E-state index in [1.54, 1.807) is 14.2 Å². The van der Waals surface area contributed by atoms with Gasteiger partial charge in [-0.1, -0.05) is 0 Å². The van der Waals surface area contributed by atoms with Gasteiger partial charge in [0.05, 0.1) is 14.2 Å². The lowest BCUT2D eigenvalue weighted by molar-refractivity contribution is 0.353. The van der Waals surface area contributed by atoms with Crippen LogP contribution in [0.5, 0.6) is 11.5 Å². The van der Waals surface area contributed by atoms with Crippen molar-refractivity contribution < 1.29 is 9.47 Å². The maximum Gasteiger partial charge on any atom is 0.161 e. The molecule has 4 heteroatoms. The Balaban J connectivity index is 2.99. The minimum Gasteiger partial charge on any atom is -0.493 e. The van der Waals surface area contributed by atoms with Crippen LogP contribution in [0.15, 0.2) is 12.1 Å². The summed E-state index contributed by atoms with van der Waals surface area (Å²) in [6.07, 6.45) is 1.81. The summed E-state index contributed by atoms with van der Waals surface area (Å²) in [5.74, 6) is 1.45. The van der Waals surface area contributed by atoms with E-state index in [-0.39, 0.29) is 6.04 Å². The van der Waals surface area contributed by atoms with Crippen LogP contribution in [0, 0.1) is 6.92 Å². The van der Waals surface area contributed by atoms with E-state index in [0.717, 1.165) is 35.5 Å². The molecule has 0 aliphatic rings. The minimum absolute atomic E-state index is 0.00152. The van der Waals surface area contributed by atoms with Gasteiger partial charge in [0.1, 0.15) is 0 Å². The normalized spacial score (nSPS) is 12.3. The molecule has 1 unspecified atom stereocenters. The van der Waals surface area contributed by atoms with E-state index in [2.05, 4.69) is 0 Å². The van der Waals surface area contributed by atoms with Crippen LogP contribution < -0.4 is 20.9 Å². The third-order valence-corrected chi connectivity index (χ3v) is 2.89. The fourth-order valence-electron chi connectivity index (χ4n) is 1.89. The van der Waals surface area contributed by atoms with Gasteiger partial charge in [-0.15, -0.1) is 0 Å². The van der Waals surface area contributed by atoms with Crippen LogP contribution in [0.3, 0.4) is 0 Å². The number of nitrogens with two attached hydrogens (primary N) is 2. The summed E-state index contributed by atoms with van der Waals surface area (Å²) in [5.41, 5.74) is 13.9. The molecule has 0 radical (unpaired) electrons. The fraction of sp³-hybridized carbons (Fsp3) is 0.538. The summed E-state index contributed by atoms with van der Waals surface area (Å²) in [4.78, 5) is 0. The molecule has 0 saturated heterocycles. The van der Waals surface area contributed by atoms with E-state index in [1.165, 1.54) is 0 Å². The summed E-state index contributed by atoms with van der Waals surface area (Å²) < 4.78 is 10.5. The van der Waals surface area contributed by atoms with E-state index in [1.807, 2.05) is 19.1 Å². The Labute approximate surface area is 103 Å². The molecule has 0 aliphatic carbocycles. The van der Waals surface area contributed by atoms with Crippen molar-refractivity contribution in [3.8, 4) is 11.5 Å². The zero-order valence-corrected chi connectivity index (χ0v) is 10.8. The molecule has 4 nitrogen and oxygen atoms in total. The Morgan fingerprint density at radius 1 is 1.18 bits per heavy atom. The second kappa shape index (κ2) is 6.47. The topological polar surface area (TPSA) is 70.5 Å². The molecule has 0 aromatic heterocycles. The molecular formula is C13H22N2O2. The monoisotopic (exact) mass is 238 g/mol. The molecule has 1 aromatic carbocycles. The molecule has 0 fully saturated rings. The second-order valence-corrected chi connectivity index (χ2v) is 4.10. The molecule has 1 atom stereocenters. The van der Waals surface area contributed by atoms with Gasteiger partial charge in [0, 0.05) is 6.04 Å². The Morgan fingerprint density at radius 3 is 2.29 bits per heavy atom. The lowest BCUT2D eigenvalue weighted by atomic mass is 9.97. The molecule has 0 aliphatic heterocycles. The van der Waals surface area contributed by atoms with Crippen LogP contribution >= 0.6 is 0 Å². The predicted octanol–water partition coefficient (Wildman–Crippen LogP) is 1.75. The highest BCUT2D eigenvalue weighted by molar-refractivity contribution is 5.47. The molecule has 1 aromatic rings. The van der Waals surface area contributed by atoms with Gasteiger partial charge >= 0.3 is 0 Å². The summed E-state index contributed by atoms with van der Waals surface area (Å²) in [5, 5.41) is 0. The maximum atomic E-state index is 6.15. The van der Waals surface area contributed by atoms with E-state index in [9.17, 15) is 0 Å². The highest BCUT2D eigenvalue weighted by Gasteiger charge is 2.13. The zero-order chi connectivity index (χ0) is 12.8. The first kappa shape index (κ1) is 13.8. The van der Waals surface area contributed by atoms with E-state index in [4.69, 9.17) is 20.9 Å². The number of methoxy groups -OCH3 is 2. The first-order valence-electron chi connectivity index (χ1n) is 5.82. The number of ether oxygens (including phenoxy) is 2. The maximum absolute atomic E-state index is 6.15. The van der Waals surface area contributed by atoms with Crippen molar-refractivity contribution in [2.24, 2.45) is 11.5 Å². The van der Waals surface area contributed by atoms with Crippen molar-refractivity contribution in [3.63, 3.8) is 0 Å². The molecule has 0 bridgehead atoms. The number of benzene rings is 1. The third kappa shape index (κ3) is 3.35. The molecule has 4 N–H and O–H groups in total. The predicted molar refractivity (Wildman–Crippen MR) is 69.5 cm³/mol. The van der Waals surface area contributed by atoms with Gasteiger partial charge in [0.2, 0.25) is 0 Å². The van der Waals surface area contributed by atoms with Crippen LogP contribution in [-0.4, -0.2) is 20.8 Å². The lowest BCUT2D eigenvalue weighted by Gasteiger charge is -2.17. The Morgan fingerprint density at radius 2 is 1.76 bits per heavy atom. The van der Waals surface area contributed by atoms with Crippen molar-refractivity contribution in [2.75, 3.05) is 20.8 Å². The van der Waals surface area contributed by atoms with Gasteiger partial charge in [0.15, 0.2) is 11.5 Å².